The molecular weight excluding hydrogens is 524 g/mol. The largest absolute Gasteiger partial charge is 0.290 e. The number of piperazine rings is 1. The highest BCUT2D eigenvalue weighted by molar-refractivity contribution is 7.71. The second-order valence-electron chi connectivity index (χ2n) is 9.67. The van der Waals surface area contributed by atoms with Crippen molar-refractivity contribution in [2.75, 3.05) is 26.2 Å². The van der Waals surface area contributed by atoms with Crippen molar-refractivity contribution in [3.8, 4) is 17.1 Å². The molecule has 0 aliphatic carbocycles. The highest BCUT2D eigenvalue weighted by Gasteiger charge is 2.27. The second kappa shape index (κ2) is 11.6. The van der Waals surface area contributed by atoms with Gasteiger partial charge in [-0.25, -0.2) is 4.68 Å². The Hall–Kier alpha value is -3.62. The van der Waals surface area contributed by atoms with Crippen LogP contribution in [0.5, 0.6) is 0 Å². The lowest BCUT2D eigenvalue weighted by molar-refractivity contribution is 0.0844. The highest BCUT2D eigenvalue weighted by atomic mass is 35.5. The van der Waals surface area contributed by atoms with Crippen molar-refractivity contribution >= 4 is 23.8 Å². The number of rotatable bonds is 7. The molecule has 3 aromatic carbocycles. The molecule has 6 rings (SSSR count). The van der Waals surface area contributed by atoms with Crippen molar-refractivity contribution in [2.45, 2.75) is 12.7 Å². The molecule has 0 unspecified atom stereocenters. The SMILES string of the molecule is S=c1n(CN2CCN(C(c3ccccc3)c3ccccc3)CC2)nc(-c2ccncc2)n1-c1ccc(Cl)cc1. The van der Waals surface area contributed by atoms with Crippen molar-refractivity contribution in [1.29, 1.82) is 0 Å². The fraction of sp³-hybridized carbons (Fsp3) is 0.194. The average molecular weight is 553 g/mol. The van der Waals surface area contributed by atoms with Gasteiger partial charge < -0.3 is 0 Å². The van der Waals surface area contributed by atoms with Gasteiger partial charge in [0.15, 0.2) is 5.82 Å². The number of pyridine rings is 1. The van der Waals surface area contributed by atoms with Crippen LogP contribution in [0.2, 0.25) is 5.02 Å². The summed E-state index contributed by atoms with van der Waals surface area (Å²) < 4.78 is 4.59. The molecule has 1 aliphatic heterocycles. The van der Waals surface area contributed by atoms with Crippen LogP contribution in [0, 0.1) is 4.77 Å². The Morgan fingerprint density at radius 3 is 1.92 bits per heavy atom. The lowest BCUT2D eigenvalue weighted by Crippen LogP contribution is -2.48. The number of nitrogens with zero attached hydrogens (tertiary/aromatic N) is 6. The zero-order valence-electron chi connectivity index (χ0n) is 21.5. The molecule has 0 amide bonds. The first-order valence-corrected chi connectivity index (χ1v) is 13.9. The molecule has 2 aromatic heterocycles. The van der Waals surface area contributed by atoms with E-state index in [1.165, 1.54) is 11.1 Å². The van der Waals surface area contributed by atoms with Gasteiger partial charge in [-0.1, -0.05) is 72.3 Å². The smallest absolute Gasteiger partial charge is 0.204 e. The topological polar surface area (TPSA) is 42.1 Å². The molecule has 8 heteroatoms. The molecule has 3 heterocycles. The Morgan fingerprint density at radius 1 is 0.744 bits per heavy atom. The van der Waals surface area contributed by atoms with Crippen molar-refractivity contribution in [1.82, 2.24) is 29.1 Å². The monoisotopic (exact) mass is 552 g/mol. The Bertz CT molecular complexity index is 1520. The Balaban J connectivity index is 1.24. The maximum Gasteiger partial charge on any atom is 0.204 e. The van der Waals surface area contributed by atoms with Gasteiger partial charge in [0.1, 0.15) is 0 Å². The summed E-state index contributed by atoms with van der Waals surface area (Å²) in [5.41, 5.74) is 4.54. The molecule has 0 bridgehead atoms. The minimum atomic E-state index is 0.235. The highest BCUT2D eigenvalue weighted by Crippen LogP contribution is 2.30. The number of hydrogen-bond acceptors (Lipinski definition) is 5. The van der Waals surface area contributed by atoms with Crippen LogP contribution in [-0.2, 0) is 6.67 Å². The number of halogens is 1. The van der Waals surface area contributed by atoms with E-state index in [1.54, 1.807) is 12.4 Å². The van der Waals surface area contributed by atoms with Crippen molar-refractivity contribution in [2.24, 2.45) is 0 Å². The minimum Gasteiger partial charge on any atom is -0.290 e. The molecule has 0 spiro atoms. The van der Waals surface area contributed by atoms with E-state index in [1.807, 2.05) is 45.6 Å². The van der Waals surface area contributed by atoms with Gasteiger partial charge in [0.2, 0.25) is 4.77 Å². The molecule has 0 saturated carbocycles. The van der Waals surface area contributed by atoms with E-state index in [2.05, 4.69) is 75.4 Å². The first-order valence-electron chi connectivity index (χ1n) is 13.1. The zero-order valence-corrected chi connectivity index (χ0v) is 23.0. The molecule has 5 aromatic rings. The maximum absolute atomic E-state index is 6.17. The molecule has 0 radical (unpaired) electrons. The van der Waals surface area contributed by atoms with E-state index in [-0.39, 0.29) is 6.04 Å². The number of hydrogen-bond donors (Lipinski definition) is 0. The van der Waals surface area contributed by atoms with Crippen LogP contribution >= 0.6 is 23.8 Å². The van der Waals surface area contributed by atoms with Gasteiger partial charge in [-0.05, 0) is 59.7 Å². The molecular formula is C31H29ClN6S. The van der Waals surface area contributed by atoms with E-state index in [0.717, 1.165) is 43.3 Å². The summed E-state index contributed by atoms with van der Waals surface area (Å²) in [6.45, 7) is 4.40. The molecule has 0 atom stereocenters. The van der Waals surface area contributed by atoms with Crippen LogP contribution in [0.25, 0.3) is 17.1 Å². The second-order valence-corrected chi connectivity index (χ2v) is 10.5. The molecule has 6 nitrogen and oxygen atoms in total. The Morgan fingerprint density at radius 2 is 1.33 bits per heavy atom. The fourth-order valence-electron chi connectivity index (χ4n) is 5.25. The van der Waals surface area contributed by atoms with Gasteiger partial charge in [0.05, 0.1) is 18.4 Å². The van der Waals surface area contributed by atoms with Gasteiger partial charge >= 0.3 is 0 Å². The average Bonchev–Trinajstić information content (AvgIpc) is 3.31. The van der Waals surface area contributed by atoms with Gasteiger partial charge in [0.25, 0.3) is 0 Å². The van der Waals surface area contributed by atoms with Crippen LogP contribution in [0.15, 0.2) is 109 Å². The van der Waals surface area contributed by atoms with Crippen LogP contribution in [0.1, 0.15) is 17.2 Å². The molecule has 1 saturated heterocycles. The summed E-state index contributed by atoms with van der Waals surface area (Å²) >= 11 is 12.1. The summed E-state index contributed by atoms with van der Waals surface area (Å²) in [6, 6.07) is 33.4. The fourth-order valence-corrected chi connectivity index (χ4v) is 5.66. The predicted octanol–water partition coefficient (Wildman–Crippen LogP) is 6.48. The van der Waals surface area contributed by atoms with E-state index < -0.39 is 0 Å². The standard InChI is InChI=1S/C31H29ClN6S/c32-27-11-13-28(14-12-27)38-30(26-15-17-33-18-16-26)34-37(31(38)39)23-35-19-21-36(22-20-35)29(24-7-3-1-4-8-24)25-9-5-2-6-10-25/h1-18,29H,19-23H2. The van der Waals surface area contributed by atoms with Crippen LogP contribution in [-0.4, -0.2) is 55.3 Å². The van der Waals surface area contributed by atoms with Crippen molar-refractivity contribution in [3.05, 3.63) is 130 Å². The van der Waals surface area contributed by atoms with Gasteiger partial charge in [-0.3, -0.25) is 19.4 Å². The summed E-state index contributed by atoms with van der Waals surface area (Å²) in [4.78, 5) is 9.18. The van der Waals surface area contributed by atoms with Gasteiger partial charge in [-0.15, -0.1) is 5.10 Å². The van der Waals surface area contributed by atoms with Crippen molar-refractivity contribution < 1.29 is 0 Å². The predicted molar refractivity (Wildman–Crippen MR) is 159 cm³/mol. The molecule has 196 valence electrons. The van der Waals surface area contributed by atoms with Gasteiger partial charge in [-0.2, -0.15) is 0 Å². The number of aromatic nitrogens is 4. The summed E-state index contributed by atoms with van der Waals surface area (Å²) in [7, 11) is 0. The van der Waals surface area contributed by atoms with E-state index in [9.17, 15) is 0 Å². The number of benzene rings is 3. The molecule has 39 heavy (non-hydrogen) atoms. The van der Waals surface area contributed by atoms with E-state index >= 15 is 0 Å². The summed E-state index contributed by atoms with van der Waals surface area (Å²) in [5.74, 6) is 0.788. The van der Waals surface area contributed by atoms with E-state index in [0.29, 0.717) is 16.5 Å². The third-order valence-electron chi connectivity index (χ3n) is 7.20. The quantitative estimate of drug-likeness (QED) is 0.216. The molecule has 1 aliphatic rings. The maximum atomic E-state index is 6.17. The van der Waals surface area contributed by atoms with E-state index in [4.69, 9.17) is 28.9 Å². The normalized spacial score (nSPS) is 14.6. The minimum absolute atomic E-state index is 0.235. The summed E-state index contributed by atoms with van der Waals surface area (Å²) in [5, 5.41) is 5.67. The Labute approximate surface area is 238 Å². The first-order chi connectivity index (χ1) is 19.2. The van der Waals surface area contributed by atoms with Crippen LogP contribution < -0.4 is 0 Å². The molecule has 0 N–H and O–H groups in total. The lowest BCUT2D eigenvalue weighted by atomic mass is 9.96. The Kier molecular flexibility index (Phi) is 7.65. The third kappa shape index (κ3) is 5.58. The van der Waals surface area contributed by atoms with Crippen LogP contribution in [0.3, 0.4) is 0 Å². The first kappa shape index (κ1) is 25.6. The van der Waals surface area contributed by atoms with Crippen LogP contribution in [0.4, 0.5) is 0 Å². The molecule has 1 fully saturated rings. The van der Waals surface area contributed by atoms with Gasteiger partial charge in [0, 0.05) is 49.2 Å². The lowest BCUT2D eigenvalue weighted by Gasteiger charge is -2.39. The zero-order chi connectivity index (χ0) is 26.6. The third-order valence-corrected chi connectivity index (χ3v) is 7.84. The summed E-state index contributed by atoms with van der Waals surface area (Å²) in [6.07, 6.45) is 3.55. The van der Waals surface area contributed by atoms with Crippen molar-refractivity contribution in [3.63, 3.8) is 0 Å².